The Bertz CT molecular complexity index is 497. The monoisotopic (exact) mass is 315 g/mol. The topological polar surface area (TPSA) is 56.8 Å². The maximum Gasteiger partial charge on any atom is 0.407 e. The van der Waals surface area contributed by atoms with Gasteiger partial charge in [0.2, 0.25) is 0 Å². The second-order valence-electron chi connectivity index (χ2n) is 5.53. The number of carbonyl (C=O) groups excluding carboxylic acids is 1. The number of carbonyl (C=O) groups is 1. The van der Waals surface area contributed by atoms with Gasteiger partial charge in [-0.3, -0.25) is 0 Å². The third kappa shape index (κ3) is 6.12. The second kappa shape index (κ2) is 7.41. The van der Waals surface area contributed by atoms with Gasteiger partial charge in [-0.15, -0.1) is 0 Å². The highest BCUT2D eigenvalue weighted by molar-refractivity contribution is 6.30. The lowest BCUT2D eigenvalue weighted by molar-refractivity contribution is 0.0520. The van der Waals surface area contributed by atoms with Crippen molar-refractivity contribution in [3.8, 4) is 11.5 Å². The molecule has 6 heteroatoms. The van der Waals surface area contributed by atoms with E-state index in [1.165, 1.54) is 0 Å². The number of benzene rings is 1. The molecule has 0 atom stereocenters. The van der Waals surface area contributed by atoms with Gasteiger partial charge >= 0.3 is 6.09 Å². The molecular formula is C15H22ClNO4. The summed E-state index contributed by atoms with van der Waals surface area (Å²) < 4.78 is 16.0. The van der Waals surface area contributed by atoms with Crippen molar-refractivity contribution in [3.63, 3.8) is 0 Å². The Labute approximate surface area is 130 Å². The molecule has 0 fully saturated rings. The van der Waals surface area contributed by atoms with Crippen molar-refractivity contribution >= 4 is 17.7 Å². The summed E-state index contributed by atoms with van der Waals surface area (Å²) in [5.41, 5.74) is 0.359. The average Bonchev–Trinajstić information content (AvgIpc) is 2.33. The summed E-state index contributed by atoms with van der Waals surface area (Å²) in [4.78, 5) is 11.5. The predicted octanol–water partition coefficient (Wildman–Crippen LogP) is 3.56. The maximum absolute atomic E-state index is 11.5. The number of aryl methyl sites for hydroxylation is 1. The smallest absolute Gasteiger partial charge is 0.407 e. The van der Waals surface area contributed by atoms with Gasteiger partial charge in [-0.05, 0) is 39.3 Å². The first kappa shape index (κ1) is 17.4. The highest BCUT2D eigenvalue weighted by atomic mass is 35.5. The van der Waals surface area contributed by atoms with Crippen LogP contribution in [0, 0.1) is 6.92 Å². The quantitative estimate of drug-likeness (QED) is 0.844. The fraction of sp³-hybridized carbons (Fsp3) is 0.533. The van der Waals surface area contributed by atoms with Gasteiger partial charge in [-0.2, -0.15) is 0 Å². The minimum Gasteiger partial charge on any atom is -0.493 e. The molecule has 0 bridgehead atoms. The van der Waals surface area contributed by atoms with Crippen LogP contribution in [0.2, 0.25) is 5.02 Å². The van der Waals surface area contributed by atoms with Gasteiger partial charge in [-0.1, -0.05) is 11.6 Å². The molecule has 1 aromatic rings. The Kier molecular flexibility index (Phi) is 6.15. The van der Waals surface area contributed by atoms with Gasteiger partial charge in [-0.25, -0.2) is 4.79 Å². The van der Waals surface area contributed by atoms with E-state index < -0.39 is 11.7 Å². The summed E-state index contributed by atoms with van der Waals surface area (Å²) in [5.74, 6) is 1.19. The standard InChI is InChI=1S/C15H22ClNO4/c1-10-8-11(16)9-12(19-5)13(10)20-7-6-17-14(18)21-15(2,3)4/h8-9H,6-7H2,1-5H3,(H,17,18). The highest BCUT2D eigenvalue weighted by Gasteiger charge is 2.15. The summed E-state index contributed by atoms with van der Waals surface area (Å²) in [7, 11) is 1.55. The summed E-state index contributed by atoms with van der Waals surface area (Å²) in [6.45, 7) is 7.95. The number of nitrogens with one attached hydrogen (secondary N) is 1. The SMILES string of the molecule is COc1cc(Cl)cc(C)c1OCCNC(=O)OC(C)(C)C. The molecule has 0 aliphatic rings. The Hall–Kier alpha value is -1.62. The van der Waals surface area contributed by atoms with Crippen LogP contribution in [-0.2, 0) is 4.74 Å². The Balaban J connectivity index is 2.48. The first-order valence-electron chi connectivity index (χ1n) is 6.66. The number of alkyl carbamates (subject to hydrolysis) is 1. The summed E-state index contributed by atoms with van der Waals surface area (Å²) in [6.07, 6.45) is -0.467. The van der Waals surface area contributed by atoms with Crippen molar-refractivity contribution in [2.24, 2.45) is 0 Å². The van der Waals surface area contributed by atoms with E-state index in [1.54, 1.807) is 19.2 Å². The van der Waals surface area contributed by atoms with E-state index in [2.05, 4.69) is 5.32 Å². The van der Waals surface area contributed by atoms with Crippen LogP contribution in [0.5, 0.6) is 11.5 Å². The fourth-order valence-corrected chi connectivity index (χ4v) is 1.92. The van der Waals surface area contributed by atoms with Gasteiger partial charge in [0, 0.05) is 11.1 Å². The molecule has 5 nitrogen and oxygen atoms in total. The molecule has 0 aromatic heterocycles. The largest absolute Gasteiger partial charge is 0.493 e. The molecule has 0 radical (unpaired) electrons. The number of methoxy groups -OCH3 is 1. The van der Waals surface area contributed by atoms with E-state index in [4.69, 9.17) is 25.8 Å². The molecule has 1 amide bonds. The third-order valence-corrected chi connectivity index (χ3v) is 2.66. The van der Waals surface area contributed by atoms with E-state index in [0.717, 1.165) is 5.56 Å². The predicted molar refractivity (Wildman–Crippen MR) is 82.5 cm³/mol. The first-order valence-corrected chi connectivity index (χ1v) is 7.04. The lowest BCUT2D eigenvalue weighted by atomic mass is 10.2. The van der Waals surface area contributed by atoms with Crippen LogP contribution in [0.25, 0.3) is 0 Å². The Morgan fingerprint density at radius 3 is 2.57 bits per heavy atom. The number of hydrogen-bond acceptors (Lipinski definition) is 4. The minimum absolute atomic E-state index is 0.304. The first-order chi connectivity index (χ1) is 9.73. The van der Waals surface area contributed by atoms with Crippen molar-refractivity contribution in [2.75, 3.05) is 20.3 Å². The van der Waals surface area contributed by atoms with Crippen LogP contribution in [0.4, 0.5) is 4.79 Å². The van der Waals surface area contributed by atoms with E-state index in [-0.39, 0.29) is 0 Å². The van der Waals surface area contributed by atoms with Crippen LogP contribution in [0.3, 0.4) is 0 Å². The molecule has 1 rings (SSSR count). The molecule has 0 aliphatic carbocycles. The molecule has 118 valence electrons. The highest BCUT2D eigenvalue weighted by Crippen LogP contribution is 2.33. The lowest BCUT2D eigenvalue weighted by Gasteiger charge is -2.20. The molecule has 0 aliphatic heterocycles. The van der Waals surface area contributed by atoms with Crippen molar-refractivity contribution in [2.45, 2.75) is 33.3 Å². The molecule has 21 heavy (non-hydrogen) atoms. The zero-order chi connectivity index (χ0) is 16.0. The number of halogens is 1. The molecule has 0 saturated heterocycles. The van der Waals surface area contributed by atoms with Gasteiger partial charge in [0.25, 0.3) is 0 Å². The van der Waals surface area contributed by atoms with E-state index in [0.29, 0.717) is 29.7 Å². The molecular weight excluding hydrogens is 294 g/mol. The van der Waals surface area contributed by atoms with Crippen molar-refractivity contribution in [1.82, 2.24) is 5.32 Å². The van der Waals surface area contributed by atoms with E-state index in [9.17, 15) is 4.79 Å². The Morgan fingerprint density at radius 2 is 2.00 bits per heavy atom. The van der Waals surface area contributed by atoms with Gasteiger partial charge < -0.3 is 19.5 Å². The number of amides is 1. The van der Waals surface area contributed by atoms with Crippen molar-refractivity contribution < 1.29 is 19.0 Å². The molecule has 0 saturated carbocycles. The van der Waals surface area contributed by atoms with Crippen LogP contribution < -0.4 is 14.8 Å². The fourth-order valence-electron chi connectivity index (χ4n) is 1.66. The molecule has 0 heterocycles. The normalized spacial score (nSPS) is 11.0. The molecule has 0 unspecified atom stereocenters. The minimum atomic E-state index is -0.513. The van der Waals surface area contributed by atoms with E-state index >= 15 is 0 Å². The Morgan fingerprint density at radius 1 is 1.33 bits per heavy atom. The third-order valence-electron chi connectivity index (χ3n) is 2.44. The molecule has 0 spiro atoms. The van der Waals surface area contributed by atoms with Gasteiger partial charge in [0.05, 0.1) is 13.7 Å². The number of ether oxygens (including phenoxy) is 3. The second-order valence-corrected chi connectivity index (χ2v) is 5.97. The number of rotatable bonds is 5. The van der Waals surface area contributed by atoms with Crippen LogP contribution in [-0.4, -0.2) is 32.0 Å². The summed E-state index contributed by atoms with van der Waals surface area (Å²) >= 11 is 5.96. The average molecular weight is 316 g/mol. The maximum atomic E-state index is 11.5. The zero-order valence-electron chi connectivity index (χ0n) is 13.1. The molecule has 1 aromatic carbocycles. The lowest BCUT2D eigenvalue weighted by Crippen LogP contribution is -2.34. The summed E-state index contributed by atoms with van der Waals surface area (Å²) in [6, 6.07) is 3.48. The van der Waals surface area contributed by atoms with E-state index in [1.807, 2.05) is 27.7 Å². The zero-order valence-corrected chi connectivity index (χ0v) is 13.8. The van der Waals surface area contributed by atoms with Crippen LogP contribution >= 0.6 is 11.6 Å². The van der Waals surface area contributed by atoms with Crippen molar-refractivity contribution in [1.29, 1.82) is 0 Å². The van der Waals surface area contributed by atoms with Gasteiger partial charge in [0.1, 0.15) is 12.2 Å². The van der Waals surface area contributed by atoms with Crippen molar-refractivity contribution in [3.05, 3.63) is 22.7 Å². The number of hydrogen-bond donors (Lipinski definition) is 1. The summed E-state index contributed by atoms with van der Waals surface area (Å²) in [5, 5.41) is 3.21. The van der Waals surface area contributed by atoms with Crippen LogP contribution in [0.1, 0.15) is 26.3 Å². The molecule has 1 N–H and O–H groups in total. The van der Waals surface area contributed by atoms with Gasteiger partial charge in [0.15, 0.2) is 11.5 Å². The van der Waals surface area contributed by atoms with Crippen LogP contribution in [0.15, 0.2) is 12.1 Å².